The van der Waals surface area contributed by atoms with Crippen LogP contribution >= 0.6 is 11.6 Å². The molecule has 0 bridgehead atoms. The summed E-state index contributed by atoms with van der Waals surface area (Å²) in [6.07, 6.45) is 1.89. The van der Waals surface area contributed by atoms with Crippen molar-refractivity contribution in [3.05, 3.63) is 117 Å². The lowest BCUT2D eigenvalue weighted by Crippen LogP contribution is -1.98. The van der Waals surface area contributed by atoms with Gasteiger partial charge in [-0.2, -0.15) is 0 Å². The Balaban J connectivity index is 1.57. The van der Waals surface area contributed by atoms with Crippen LogP contribution < -0.4 is 0 Å². The van der Waals surface area contributed by atoms with E-state index in [1.807, 2.05) is 0 Å². The predicted octanol–water partition coefficient (Wildman–Crippen LogP) is 8.45. The zero-order valence-electron chi connectivity index (χ0n) is 20.6. The molecule has 0 aliphatic heterocycles. The number of aryl methyl sites for hydroxylation is 5. The van der Waals surface area contributed by atoms with Gasteiger partial charge in [0.15, 0.2) is 0 Å². The molecule has 0 aliphatic rings. The van der Waals surface area contributed by atoms with E-state index in [9.17, 15) is 0 Å². The Kier molecular flexibility index (Phi) is 6.23. The zero-order valence-corrected chi connectivity index (χ0v) is 21.3. The summed E-state index contributed by atoms with van der Waals surface area (Å²) in [6, 6.07) is 27.5. The van der Waals surface area contributed by atoms with Crippen LogP contribution in [-0.2, 0) is 19.4 Å². The van der Waals surface area contributed by atoms with E-state index in [2.05, 4.69) is 105 Å². The number of rotatable bonds is 6. The molecule has 1 aromatic heterocycles. The quantitative estimate of drug-likeness (QED) is 0.222. The Morgan fingerprint density at radius 1 is 0.529 bits per heavy atom. The number of hydrogen-bond acceptors (Lipinski definition) is 0. The summed E-state index contributed by atoms with van der Waals surface area (Å²) in [5.74, 6) is 0.605. The first-order chi connectivity index (χ1) is 16.4. The molecule has 0 amide bonds. The van der Waals surface area contributed by atoms with Crippen LogP contribution in [0.3, 0.4) is 0 Å². The Bertz CT molecular complexity index is 1390. The minimum atomic E-state index is 0.605. The molecule has 172 valence electrons. The molecule has 0 radical (unpaired) electrons. The van der Waals surface area contributed by atoms with Crippen LogP contribution in [0, 0.1) is 27.7 Å². The van der Waals surface area contributed by atoms with E-state index < -0.39 is 0 Å². The normalized spacial score (nSPS) is 11.6. The first kappa shape index (κ1) is 22.7. The average molecular weight is 466 g/mol. The molecule has 0 unspecified atom stereocenters. The third kappa shape index (κ3) is 4.38. The Morgan fingerprint density at radius 3 is 1.35 bits per heavy atom. The highest BCUT2D eigenvalue weighted by molar-refractivity contribution is 6.18. The van der Waals surface area contributed by atoms with Gasteiger partial charge in [-0.1, -0.05) is 48.5 Å². The van der Waals surface area contributed by atoms with Gasteiger partial charge in [-0.05, 0) is 109 Å². The van der Waals surface area contributed by atoms with E-state index in [1.165, 1.54) is 66.3 Å². The van der Waals surface area contributed by atoms with Gasteiger partial charge in [0, 0.05) is 34.2 Å². The smallest absolute Gasteiger partial charge is 0.0491 e. The highest BCUT2D eigenvalue weighted by Gasteiger charge is 2.13. The summed E-state index contributed by atoms with van der Waals surface area (Å²) in [4.78, 5) is 0. The molecule has 5 rings (SSSR count). The molecule has 0 fully saturated rings. The molecule has 0 spiro atoms. The van der Waals surface area contributed by atoms with Gasteiger partial charge in [-0.15, -0.1) is 11.6 Å². The van der Waals surface area contributed by atoms with Crippen LogP contribution in [0.4, 0.5) is 0 Å². The molecular formula is C32H32ClN. The Morgan fingerprint density at radius 2 is 0.941 bits per heavy atom. The second kappa shape index (κ2) is 9.31. The van der Waals surface area contributed by atoms with Crippen molar-refractivity contribution >= 4 is 33.4 Å². The summed E-state index contributed by atoms with van der Waals surface area (Å²) in [5, 5.41) is 2.65. The van der Waals surface area contributed by atoms with Crippen molar-refractivity contribution in [2.24, 2.45) is 0 Å². The minimum Gasteiger partial charge on any atom is -0.339 e. The molecular weight excluding hydrogens is 434 g/mol. The van der Waals surface area contributed by atoms with E-state index >= 15 is 0 Å². The first-order valence-electron chi connectivity index (χ1n) is 12.1. The fraction of sp³-hybridized carbons (Fsp3) is 0.250. The SMILES string of the molecule is Cc1ccc(Cc2ccc3c(c2)c2cc(Cc4ccc(C)c(C)c4)ccc2n3CCCl)cc1C. The minimum absolute atomic E-state index is 0.605. The molecule has 2 heteroatoms. The highest BCUT2D eigenvalue weighted by Crippen LogP contribution is 2.32. The monoisotopic (exact) mass is 465 g/mol. The standard InChI is InChI=1S/C32H32ClN/c1-21-5-7-25(15-23(21)3)17-27-9-11-31-29(19-27)30-20-28(10-12-32(30)34(31)14-13-33)18-26-8-6-22(2)24(4)16-26/h5-12,15-16,19-20H,13-14,17-18H2,1-4H3. The van der Waals surface area contributed by atoms with Crippen LogP contribution in [0.2, 0.25) is 0 Å². The summed E-state index contributed by atoms with van der Waals surface area (Å²) < 4.78 is 2.37. The maximum Gasteiger partial charge on any atom is 0.0491 e. The van der Waals surface area contributed by atoms with Crippen LogP contribution in [0.1, 0.15) is 44.5 Å². The van der Waals surface area contributed by atoms with Crippen molar-refractivity contribution in [3.63, 3.8) is 0 Å². The molecule has 5 aromatic rings. The van der Waals surface area contributed by atoms with Crippen molar-refractivity contribution < 1.29 is 0 Å². The maximum absolute atomic E-state index is 6.21. The molecule has 0 saturated carbocycles. The number of nitrogens with zero attached hydrogens (tertiary/aromatic N) is 1. The first-order valence-corrected chi connectivity index (χ1v) is 12.7. The lowest BCUT2D eigenvalue weighted by molar-refractivity contribution is 0.833. The Hall–Kier alpha value is -3.03. The zero-order chi connectivity index (χ0) is 23.8. The third-order valence-corrected chi connectivity index (χ3v) is 7.43. The van der Waals surface area contributed by atoms with Gasteiger partial charge in [0.2, 0.25) is 0 Å². The predicted molar refractivity (Wildman–Crippen MR) is 148 cm³/mol. The van der Waals surface area contributed by atoms with Crippen molar-refractivity contribution in [2.75, 3.05) is 5.88 Å². The average Bonchev–Trinajstić information content (AvgIpc) is 3.11. The summed E-state index contributed by atoms with van der Waals surface area (Å²) in [7, 11) is 0. The van der Waals surface area contributed by atoms with Crippen molar-refractivity contribution in [1.29, 1.82) is 0 Å². The number of benzene rings is 4. The van der Waals surface area contributed by atoms with Crippen LogP contribution in [0.5, 0.6) is 0 Å². The molecule has 0 saturated heterocycles. The molecule has 1 nitrogen and oxygen atoms in total. The molecule has 0 atom stereocenters. The number of hydrogen-bond donors (Lipinski definition) is 0. The highest BCUT2D eigenvalue weighted by atomic mass is 35.5. The summed E-state index contributed by atoms with van der Waals surface area (Å²) in [6.45, 7) is 9.55. The van der Waals surface area contributed by atoms with Crippen molar-refractivity contribution in [3.8, 4) is 0 Å². The van der Waals surface area contributed by atoms with Gasteiger partial charge in [0.05, 0.1) is 0 Å². The largest absolute Gasteiger partial charge is 0.339 e. The lowest BCUT2D eigenvalue weighted by Gasteiger charge is -2.07. The van der Waals surface area contributed by atoms with Gasteiger partial charge in [-0.3, -0.25) is 0 Å². The van der Waals surface area contributed by atoms with Gasteiger partial charge in [-0.25, -0.2) is 0 Å². The fourth-order valence-corrected chi connectivity index (χ4v) is 5.21. The van der Waals surface area contributed by atoms with Crippen LogP contribution in [-0.4, -0.2) is 10.4 Å². The van der Waals surface area contributed by atoms with E-state index in [0.29, 0.717) is 5.88 Å². The van der Waals surface area contributed by atoms with Crippen molar-refractivity contribution in [1.82, 2.24) is 4.57 Å². The third-order valence-electron chi connectivity index (χ3n) is 7.26. The second-order valence-corrected chi connectivity index (χ2v) is 10.1. The maximum atomic E-state index is 6.21. The Labute approximate surface area is 208 Å². The van der Waals surface area contributed by atoms with Crippen LogP contribution in [0.15, 0.2) is 72.8 Å². The van der Waals surface area contributed by atoms with Gasteiger partial charge >= 0.3 is 0 Å². The van der Waals surface area contributed by atoms with E-state index in [4.69, 9.17) is 11.6 Å². The molecule has 0 aliphatic carbocycles. The summed E-state index contributed by atoms with van der Waals surface area (Å²) >= 11 is 6.21. The van der Waals surface area contributed by atoms with E-state index in [-0.39, 0.29) is 0 Å². The summed E-state index contributed by atoms with van der Waals surface area (Å²) in [5.41, 5.74) is 13.4. The number of alkyl halides is 1. The van der Waals surface area contributed by atoms with Gasteiger partial charge in [0.1, 0.15) is 0 Å². The van der Waals surface area contributed by atoms with E-state index in [0.717, 1.165) is 19.4 Å². The van der Waals surface area contributed by atoms with Gasteiger partial charge in [0.25, 0.3) is 0 Å². The molecule has 34 heavy (non-hydrogen) atoms. The van der Waals surface area contributed by atoms with Crippen LogP contribution in [0.25, 0.3) is 21.8 Å². The molecule has 1 heterocycles. The number of halogens is 1. The molecule has 4 aromatic carbocycles. The number of fused-ring (bicyclic) bond motifs is 3. The lowest BCUT2D eigenvalue weighted by atomic mass is 9.98. The topological polar surface area (TPSA) is 4.93 Å². The number of aromatic nitrogens is 1. The molecule has 0 N–H and O–H groups in total. The van der Waals surface area contributed by atoms with E-state index in [1.54, 1.807) is 0 Å². The second-order valence-electron chi connectivity index (χ2n) is 9.73. The van der Waals surface area contributed by atoms with Crippen molar-refractivity contribution in [2.45, 2.75) is 47.1 Å². The fourth-order valence-electron chi connectivity index (χ4n) is 5.04. The van der Waals surface area contributed by atoms with Gasteiger partial charge < -0.3 is 4.57 Å².